The number of carbonyl (C=O) groups is 1. The molecule has 31 heavy (non-hydrogen) atoms. The fraction of sp³-hybridized carbons (Fsp3) is 0.316. The molecule has 1 amide bonds. The van der Waals surface area contributed by atoms with Gasteiger partial charge in [-0.2, -0.15) is 8.78 Å². The minimum Gasteiger partial charge on any atom is -0.454 e. The number of amides is 1. The standard InChI is InChI=1S/C19H21F2N5O4.HI/c1-2-23-19(25-10-17(27)26-13-4-3-5-22-9-13)24-8-12-6-15-16(29-11-28-15)7-14(12)30-18(20)21;/h3-7,9,18H,2,8,10-11H2,1H3,(H,26,27)(H2,23,24,25);1H. The van der Waals surface area contributed by atoms with Gasteiger partial charge >= 0.3 is 6.61 Å². The van der Waals surface area contributed by atoms with Crippen molar-refractivity contribution in [3.8, 4) is 17.2 Å². The molecule has 0 aliphatic carbocycles. The van der Waals surface area contributed by atoms with Gasteiger partial charge in [-0.15, -0.1) is 24.0 Å². The number of hydrogen-bond donors (Lipinski definition) is 3. The highest BCUT2D eigenvalue weighted by molar-refractivity contribution is 14.0. The maximum atomic E-state index is 12.8. The first kappa shape index (κ1) is 24.4. The number of ether oxygens (including phenoxy) is 3. The average molecular weight is 549 g/mol. The molecule has 1 aromatic carbocycles. The predicted molar refractivity (Wildman–Crippen MR) is 120 cm³/mol. The van der Waals surface area contributed by atoms with Gasteiger partial charge in [0.05, 0.1) is 25.0 Å². The molecule has 2 heterocycles. The van der Waals surface area contributed by atoms with Gasteiger partial charge in [0.2, 0.25) is 12.7 Å². The number of aromatic nitrogens is 1. The Bertz CT molecular complexity index is 902. The topological polar surface area (TPSA) is 106 Å². The summed E-state index contributed by atoms with van der Waals surface area (Å²) < 4.78 is 40.6. The Balaban J connectivity index is 0.00000341. The number of guanidine groups is 1. The van der Waals surface area contributed by atoms with E-state index in [1.165, 1.54) is 12.3 Å². The van der Waals surface area contributed by atoms with Crippen LogP contribution in [0.5, 0.6) is 17.2 Å². The number of halogens is 3. The van der Waals surface area contributed by atoms with Gasteiger partial charge in [0, 0.05) is 24.4 Å². The summed E-state index contributed by atoms with van der Waals surface area (Å²) in [6.45, 7) is -0.626. The maximum absolute atomic E-state index is 12.8. The van der Waals surface area contributed by atoms with E-state index in [2.05, 4.69) is 30.7 Å². The van der Waals surface area contributed by atoms with E-state index in [4.69, 9.17) is 9.47 Å². The lowest BCUT2D eigenvalue weighted by Crippen LogP contribution is -2.41. The maximum Gasteiger partial charge on any atom is 0.387 e. The summed E-state index contributed by atoms with van der Waals surface area (Å²) in [6.07, 6.45) is 3.13. The van der Waals surface area contributed by atoms with Gasteiger partial charge in [0.25, 0.3) is 0 Å². The highest BCUT2D eigenvalue weighted by atomic mass is 127. The number of pyridine rings is 1. The number of nitrogens with one attached hydrogen (secondary N) is 3. The first-order valence-corrected chi connectivity index (χ1v) is 9.14. The van der Waals surface area contributed by atoms with Crippen molar-refractivity contribution in [2.45, 2.75) is 20.1 Å². The van der Waals surface area contributed by atoms with E-state index in [0.29, 0.717) is 35.3 Å². The second kappa shape index (κ2) is 12.1. The Hall–Kier alpha value is -2.90. The summed E-state index contributed by atoms with van der Waals surface area (Å²) in [6, 6.07) is 6.32. The molecule has 0 fully saturated rings. The molecule has 1 aliphatic heterocycles. The van der Waals surface area contributed by atoms with Crippen LogP contribution in [-0.2, 0) is 11.3 Å². The number of anilines is 1. The lowest BCUT2D eigenvalue weighted by molar-refractivity contribution is -0.115. The van der Waals surface area contributed by atoms with Gasteiger partial charge in [0.1, 0.15) is 5.75 Å². The van der Waals surface area contributed by atoms with Crippen LogP contribution in [0, 0.1) is 0 Å². The lowest BCUT2D eigenvalue weighted by atomic mass is 10.1. The Morgan fingerprint density at radius 1 is 1.29 bits per heavy atom. The van der Waals surface area contributed by atoms with Crippen LogP contribution in [0.15, 0.2) is 41.7 Å². The third-order valence-corrected chi connectivity index (χ3v) is 3.89. The van der Waals surface area contributed by atoms with Crippen molar-refractivity contribution < 1.29 is 27.8 Å². The zero-order valence-corrected chi connectivity index (χ0v) is 18.9. The first-order valence-electron chi connectivity index (χ1n) is 9.14. The molecule has 3 rings (SSSR count). The highest BCUT2D eigenvalue weighted by Crippen LogP contribution is 2.39. The van der Waals surface area contributed by atoms with E-state index < -0.39 is 6.61 Å². The zero-order valence-electron chi connectivity index (χ0n) is 16.6. The SMILES string of the molecule is CCNC(=NCc1cc2c(cc1OC(F)F)OCO2)NCC(=O)Nc1cccnc1.I. The molecule has 0 saturated carbocycles. The van der Waals surface area contributed by atoms with Gasteiger partial charge in [0.15, 0.2) is 17.5 Å². The molecule has 9 nitrogen and oxygen atoms in total. The van der Waals surface area contributed by atoms with Crippen molar-refractivity contribution in [1.29, 1.82) is 0 Å². The van der Waals surface area contributed by atoms with E-state index >= 15 is 0 Å². The fourth-order valence-electron chi connectivity index (χ4n) is 2.61. The number of hydrogen-bond acceptors (Lipinski definition) is 6. The van der Waals surface area contributed by atoms with Gasteiger partial charge < -0.3 is 30.2 Å². The molecule has 12 heteroatoms. The number of alkyl halides is 2. The van der Waals surface area contributed by atoms with Crippen molar-refractivity contribution in [3.05, 3.63) is 42.2 Å². The first-order chi connectivity index (χ1) is 14.5. The summed E-state index contributed by atoms with van der Waals surface area (Å²) in [4.78, 5) is 20.3. The molecular formula is C19H22F2IN5O4. The smallest absolute Gasteiger partial charge is 0.387 e. The molecule has 0 unspecified atom stereocenters. The Kier molecular flexibility index (Phi) is 9.49. The van der Waals surface area contributed by atoms with Crippen molar-refractivity contribution >= 4 is 41.5 Å². The van der Waals surface area contributed by atoms with Gasteiger partial charge in [-0.3, -0.25) is 9.78 Å². The molecular weight excluding hydrogens is 527 g/mol. The third-order valence-electron chi connectivity index (χ3n) is 3.89. The Morgan fingerprint density at radius 3 is 2.74 bits per heavy atom. The summed E-state index contributed by atoms with van der Waals surface area (Å²) in [7, 11) is 0. The van der Waals surface area contributed by atoms with Crippen LogP contribution in [0.4, 0.5) is 14.5 Å². The Morgan fingerprint density at radius 2 is 2.06 bits per heavy atom. The van der Waals surface area contributed by atoms with Crippen LogP contribution >= 0.6 is 24.0 Å². The monoisotopic (exact) mass is 549 g/mol. The predicted octanol–water partition coefficient (Wildman–Crippen LogP) is 2.72. The second-order valence-electron chi connectivity index (χ2n) is 6.03. The molecule has 0 spiro atoms. The van der Waals surface area contributed by atoms with Crippen LogP contribution in [0.3, 0.4) is 0 Å². The molecule has 3 N–H and O–H groups in total. The fourth-order valence-corrected chi connectivity index (χ4v) is 2.61. The molecule has 1 aromatic heterocycles. The molecule has 0 atom stereocenters. The number of aliphatic imine (C=N–C) groups is 1. The van der Waals surface area contributed by atoms with E-state index in [9.17, 15) is 13.6 Å². The molecule has 0 saturated heterocycles. The van der Waals surface area contributed by atoms with Crippen LogP contribution in [0.2, 0.25) is 0 Å². The molecule has 2 aromatic rings. The number of rotatable bonds is 8. The van der Waals surface area contributed by atoms with Gasteiger partial charge in [-0.05, 0) is 25.1 Å². The number of benzene rings is 1. The van der Waals surface area contributed by atoms with E-state index in [1.54, 1.807) is 24.4 Å². The quantitative estimate of drug-likeness (QED) is 0.264. The van der Waals surface area contributed by atoms with E-state index in [1.807, 2.05) is 6.92 Å². The Labute approximate surface area is 194 Å². The van der Waals surface area contributed by atoms with Gasteiger partial charge in [-0.25, -0.2) is 4.99 Å². The number of nitrogens with zero attached hydrogens (tertiary/aromatic N) is 2. The molecule has 168 valence electrons. The van der Waals surface area contributed by atoms with Crippen molar-refractivity contribution in [3.63, 3.8) is 0 Å². The molecule has 0 radical (unpaired) electrons. The summed E-state index contributed by atoms with van der Waals surface area (Å²) in [5.41, 5.74) is 0.956. The highest BCUT2D eigenvalue weighted by Gasteiger charge is 2.20. The number of fused-ring (bicyclic) bond motifs is 1. The average Bonchev–Trinajstić information content (AvgIpc) is 3.17. The normalized spacial score (nSPS) is 12.2. The summed E-state index contributed by atoms with van der Waals surface area (Å²) in [5.74, 6) is 0.743. The third kappa shape index (κ3) is 7.38. The van der Waals surface area contributed by atoms with Crippen molar-refractivity contribution in [2.24, 2.45) is 4.99 Å². The molecule has 0 bridgehead atoms. The van der Waals surface area contributed by atoms with E-state index in [-0.39, 0.29) is 55.5 Å². The summed E-state index contributed by atoms with van der Waals surface area (Å²) >= 11 is 0. The number of carbonyl (C=O) groups excluding carboxylic acids is 1. The van der Waals surface area contributed by atoms with Crippen LogP contribution in [-0.4, -0.2) is 43.3 Å². The largest absolute Gasteiger partial charge is 0.454 e. The summed E-state index contributed by atoms with van der Waals surface area (Å²) in [5, 5.41) is 8.56. The van der Waals surface area contributed by atoms with Gasteiger partial charge in [-0.1, -0.05) is 0 Å². The zero-order chi connectivity index (χ0) is 21.3. The molecule has 1 aliphatic rings. The van der Waals surface area contributed by atoms with Crippen LogP contribution < -0.4 is 30.2 Å². The van der Waals surface area contributed by atoms with Crippen molar-refractivity contribution in [2.75, 3.05) is 25.2 Å². The minimum absolute atomic E-state index is 0. The van der Waals surface area contributed by atoms with Crippen LogP contribution in [0.1, 0.15) is 12.5 Å². The second-order valence-corrected chi connectivity index (χ2v) is 6.03. The lowest BCUT2D eigenvalue weighted by Gasteiger charge is -2.13. The van der Waals surface area contributed by atoms with Crippen LogP contribution in [0.25, 0.3) is 0 Å². The van der Waals surface area contributed by atoms with Crippen molar-refractivity contribution in [1.82, 2.24) is 15.6 Å². The van der Waals surface area contributed by atoms with E-state index in [0.717, 1.165) is 0 Å². The minimum atomic E-state index is -2.99.